The largest absolute Gasteiger partial charge is 0.497 e. The van der Waals surface area contributed by atoms with E-state index in [0.29, 0.717) is 17.8 Å². The number of furan rings is 1. The van der Waals surface area contributed by atoms with E-state index < -0.39 is 5.60 Å². The Hall–Kier alpha value is -3.47. The second-order valence-electron chi connectivity index (χ2n) is 8.30. The Bertz CT molecular complexity index is 1270. The lowest BCUT2D eigenvalue weighted by Gasteiger charge is -2.37. The third-order valence-electron chi connectivity index (χ3n) is 5.63. The van der Waals surface area contributed by atoms with Gasteiger partial charge in [0.1, 0.15) is 22.7 Å². The monoisotopic (exact) mass is 401 g/mol. The van der Waals surface area contributed by atoms with Crippen molar-refractivity contribution in [3.05, 3.63) is 72.0 Å². The fourth-order valence-corrected chi connectivity index (χ4v) is 4.22. The van der Waals surface area contributed by atoms with Crippen LogP contribution in [0.5, 0.6) is 11.5 Å². The SMILES string of the molecule is COc1ccc2c(c1)OC(C)(C)CC2NC(=O)c1cc2c(ccc3ccccc32)o1. The average Bonchev–Trinajstić information content (AvgIpc) is 3.17. The molecule has 152 valence electrons. The number of hydrogen-bond donors (Lipinski definition) is 1. The van der Waals surface area contributed by atoms with E-state index in [0.717, 1.165) is 33.2 Å². The van der Waals surface area contributed by atoms with Gasteiger partial charge in [0.25, 0.3) is 5.91 Å². The second-order valence-corrected chi connectivity index (χ2v) is 8.30. The summed E-state index contributed by atoms with van der Waals surface area (Å²) in [6.45, 7) is 4.03. The highest BCUT2D eigenvalue weighted by Crippen LogP contribution is 2.41. The first-order valence-electron chi connectivity index (χ1n) is 10.0. The van der Waals surface area contributed by atoms with E-state index in [-0.39, 0.29) is 11.9 Å². The van der Waals surface area contributed by atoms with Crippen LogP contribution < -0.4 is 14.8 Å². The number of methoxy groups -OCH3 is 1. The van der Waals surface area contributed by atoms with Gasteiger partial charge in [-0.05, 0) is 48.9 Å². The molecule has 0 saturated heterocycles. The highest BCUT2D eigenvalue weighted by Gasteiger charge is 2.35. The van der Waals surface area contributed by atoms with Gasteiger partial charge in [0.15, 0.2) is 5.76 Å². The Morgan fingerprint density at radius 1 is 1.07 bits per heavy atom. The van der Waals surface area contributed by atoms with Crippen molar-refractivity contribution in [1.29, 1.82) is 0 Å². The molecule has 30 heavy (non-hydrogen) atoms. The molecule has 0 bridgehead atoms. The minimum atomic E-state index is -0.415. The van der Waals surface area contributed by atoms with E-state index in [1.54, 1.807) is 7.11 Å². The van der Waals surface area contributed by atoms with E-state index in [1.165, 1.54) is 0 Å². The maximum atomic E-state index is 13.1. The van der Waals surface area contributed by atoms with Crippen LogP contribution in [0.4, 0.5) is 0 Å². The van der Waals surface area contributed by atoms with Gasteiger partial charge in [0.05, 0.1) is 13.2 Å². The van der Waals surface area contributed by atoms with Crippen LogP contribution in [0, 0.1) is 0 Å². The van der Waals surface area contributed by atoms with Crippen molar-refractivity contribution in [2.45, 2.75) is 31.9 Å². The van der Waals surface area contributed by atoms with E-state index in [4.69, 9.17) is 13.9 Å². The van der Waals surface area contributed by atoms with Crippen molar-refractivity contribution >= 4 is 27.6 Å². The van der Waals surface area contributed by atoms with Gasteiger partial charge >= 0.3 is 0 Å². The summed E-state index contributed by atoms with van der Waals surface area (Å²) in [5.74, 6) is 1.52. The Kier molecular flexibility index (Phi) is 4.21. The number of fused-ring (bicyclic) bond motifs is 4. The van der Waals surface area contributed by atoms with Crippen LogP contribution in [0.25, 0.3) is 21.7 Å². The van der Waals surface area contributed by atoms with Gasteiger partial charge < -0.3 is 19.2 Å². The molecule has 1 N–H and O–H groups in total. The predicted octanol–water partition coefficient (Wildman–Crippen LogP) is 5.63. The normalized spacial score (nSPS) is 17.4. The summed E-state index contributed by atoms with van der Waals surface area (Å²) in [7, 11) is 1.63. The Labute approximate surface area is 174 Å². The van der Waals surface area contributed by atoms with Gasteiger partial charge in [0, 0.05) is 23.4 Å². The number of nitrogens with one attached hydrogen (secondary N) is 1. The molecule has 0 aliphatic carbocycles. The Morgan fingerprint density at radius 3 is 2.73 bits per heavy atom. The minimum absolute atomic E-state index is 0.188. The molecule has 1 unspecified atom stereocenters. The zero-order chi connectivity index (χ0) is 20.9. The number of hydrogen-bond acceptors (Lipinski definition) is 4. The molecular formula is C25H23NO4. The van der Waals surface area contributed by atoms with Gasteiger partial charge in [-0.15, -0.1) is 0 Å². The lowest BCUT2D eigenvalue weighted by molar-refractivity contribution is 0.0609. The minimum Gasteiger partial charge on any atom is -0.497 e. The van der Waals surface area contributed by atoms with Crippen LogP contribution in [-0.2, 0) is 0 Å². The molecule has 0 radical (unpaired) electrons. The summed E-state index contributed by atoms with van der Waals surface area (Å²) in [6.07, 6.45) is 0.654. The summed E-state index contributed by atoms with van der Waals surface area (Å²) in [5.41, 5.74) is 1.22. The molecule has 5 nitrogen and oxygen atoms in total. The molecular weight excluding hydrogens is 378 g/mol. The Balaban J connectivity index is 1.49. The van der Waals surface area contributed by atoms with Crippen molar-refractivity contribution < 1.29 is 18.7 Å². The molecule has 0 saturated carbocycles. The van der Waals surface area contributed by atoms with Crippen LogP contribution in [0.1, 0.15) is 42.4 Å². The average molecular weight is 401 g/mol. The van der Waals surface area contributed by atoms with E-state index in [2.05, 4.69) is 11.4 Å². The Morgan fingerprint density at radius 2 is 1.90 bits per heavy atom. The fraction of sp³-hybridized carbons (Fsp3) is 0.240. The van der Waals surface area contributed by atoms with Gasteiger partial charge in [-0.3, -0.25) is 4.79 Å². The molecule has 1 aliphatic heterocycles. The summed E-state index contributed by atoms with van der Waals surface area (Å²) in [5, 5.41) is 6.27. The predicted molar refractivity (Wildman–Crippen MR) is 116 cm³/mol. The molecule has 3 aromatic carbocycles. The lowest BCUT2D eigenvalue weighted by Crippen LogP contribution is -2.41. The van der Waals surface area contributed by atoms with E-state index >= 15 is 0 Å². The van der Waals surface area contributed by atoms with Crippen LogP contribution in [0.3, 0.4) is 0 Å². The molecule has 1 aromatic heterocycles. The molecule has 4 aromatic rings. The van der Waals surface area contributed by atoms with Crippen molar-refractivity contribution in [3.63, 3.8) is 0 Å². The number of carbonyl (C=O) groups excluding carboxylic acids is 1. The van der Waals surface area contributed by atoms with Crippen LogP contribution in [0.15, 0.2) is 65.1 Å². The third-order valence-corrected chi connectivity index (χ3v) is 5.63. The maximum absolute atomic E-state index is 13.1. The number of amides is 1. The van der Waals surface area contributed by atoms with Gasteiger partial charge in [-0.2, -0.15) is 0 Å². The number of ether oxygens (including phenoxy) is 2. The first kappa shape index (κ1) is 18.6. The van der Waals surface area contributed by atoms with Crippen molar-refractivity contribution in [2.75, 3.05) is 7.11 Å². The first-order chi connectivity index (χ1) is 14.4. The lowest BCUT2D eigenvalue weighted by atomic mass is 9.89. The van der Waals surface area contributed by atoms with Crippen molar-refractivity contribution in [2.24, 2.45) is 0 Å². The second kappa shape index (κ2) is 6.80. The summed E-state index contributed by atoms with van der Waals surface area (Å²) in [4.78, 5) is 13.1. The molecule has 2 heterocycles. The fourth-order valence-electron chi connectivity index (χ4n) is 4.22. The smallest absolute Gasteiger partial charge is 0.287 e. The van der Waals surface area contributed by atoms with Crippen molar-refractivity contribution in [1.82, 2.24) is 5.32 Å². The molecule has 5 rings (SSSR count). The molecule has 0 fully saturated rings. The first-order valence-corrected chi connectivity index (χ1v) is 10.0. The topological polar surface area (TPSA) is 60.7 Å². The summed E-state index contributed by atoms with van der Waals surface area (Å²) < 4.78 is 17.3. The van der Waals surface area contributed by atoms with Gasteiger partial charge in [-0.1, -0.05) is 30.3 Å². The standard InChI is InChI=1S/C25H23NO4/c1-25(2)14-20(18-10-9-16(28-3)12-22(18)30-25)26-24(27)23-13-19-17-7-5-4-6-15(17)8-11-21(19)29-23/h4-13,20H,14H2,1-3H3,(H,26,27). The highest BCUT2D eigenvalue weighted by molar-refractivity contribution is 6.08. The van der Waals surface area contributed by atoms with Crippen molar-refractivity contribution in [3.8, 4) is 11.5 Å². The van der Waals surface area contributed by atoms with Crippen LogP contribution in [0.2, 0.25) is 0 Å². The molecule has 5 heteroatoms. The van der Waals surface area contributed by atoms with Gasteiger partial charge in [-0.25, -0.2) is 0 Å². The molecule has 1 atom stereocenters. The quantitative estimate of drug-likeness (QED) is 0.483. The third kappa shape index (κ3) is 3.16. The zero-order valence-electron chi connectivity index (χ0n) is 17.2. The van der Waals surface area contributed by atoms with Gasteiger partial charge in [0.2, 0.25) is 0 Å². The summed E-state index contributed by atoms with van der Waals surface area (Å²) >= 11 is 0. The zero-order valence-corrected chi connectivity index (χ0v) is 17.2. The van der Waals surface area contributed by atoms with E-state index in [9.17, 15) is 4.79 Å². The van der Waals surface area contributed by atoms with Crippen LogP contribution >= 0.6 is 0 Å². The highest BCUT2D eigenvalue weighted by atomic mass is 16.5. The number of rotatable bonds is 3. The van der Waals surface area contributed by atoms with E-state index in [1.807, 2.05) is 68.4 Å². The number of benzene rings is 3. The number of carbonyl (C=O) groups is 1. The molecule has 0 spiro atoms. The molecule has 1 amide bonds. The maximum Gasteiger partial charge on any atom is 0.287 e. The molecule has 1 aliphatic rings. The summed E-state index contributed by atoms with van der Waals surface area (Å²) in [6, 6.07) is 19.3. The van der Waals surface area contributed by atoms with Crippen LogP contribution in [-0.4, -0.2) is 18.6 Å².